The Morgan fingerprint density at radius 1 is 1.17 bits per heavy atom. The van der Waals surface area contributed by atoms with Crippen LogP contribution in [0.25, 0.3) is 0 Å². The number of nitrogens with zero attached hydrogens (tertiary/aromatic N) is 2. The molecule has 0 saturated heterocycles. The first kappa shape index (κ1) is 17.7. The number of benzene rings is 1. The van der Waals surface area contributed by atoms with Gasteiger partial charge in [-0.25, -0.2) is 0 Å². The van der Waals surface area contributed by atoms with Gasteiger partial charge in [0.05, 0.1) is 6.04 Å². The zero-order valence-electron chi connectivity index (χ0n) is 14.3. The third-order valence-electron chi connectivity index (χ3n) is 3.62. The van der Waals surface area contributed by atoms with E-state index < -0.39 is 11.8 Å². The van der Waals surface area contributed by atoms with E-state index in [2.05, 4.69) is 15.8 Å². The number of aryl methyl sites for hydroxylation is 2. The zero-order valence-corrected chi connectivity index (χ0v) is 14.3. The Hall–Kier alpha value is -2.67. The predicted molar refractivity (Wildman–Crippen MR) is 90.5 cm³/mol. The maximum Gasteiger partial charge on any atom is 0.314 e. The number of likely N-dealkylation sites (N-methyl/N-ethyl adjacent to an activating group) is 1. The molecule has 7 nitrogen and oxygen atoms in total. The van der Waals surface area contributed by atoms with E-state index in [-0.39, 0.29) is 11.9 Å². The molecule has 1 aromatic heterocycles. The highest BCUT2D eigenvalue weighted by molar-refractivity contribution is 6.39. The average Bonchev–Trinajstić information content (AvgIpc) is 2.93. The Morgan fingerprint density at radius 3 is 2.38 bits per heavy atom. The molecule has 2 rings (SSSR count). The van der Waals surface area contributed by atoms with Crippen LogP contribution in [0, 0.1) is 13.8 Å². The molecule has 0 fully saturated rings. The van der Waals surface area contributed by atoms with Gasteiger partial charge in [-0.1, -0.05) is 35.0 Å². The second kappa shape index (κ2) is 7.74. The number of carbonyl (C=O) groups is 2. The normalized spacial score (nSPS) is 12.0. The lowest BCUT2D eigenvalue weighted by atomic mass is 10.0. The van der Waals surface area contributed by atoms with Gasteiger partial charge in [-0.15, -0.1) is 0 Å². The van der Waals surface area contributed by atoms with Crippen LogP contribution in [0.5, 0.6) is 0 Å². The quantitative estimate of drug-likeness (QED) is 0.814. The minimum absolute atomic E-state index is 0.0309. The number of rotatable bonds is 5. The Morgan fingerprint density at radius 2 is 1.83 bits per heavy atom. The highest BCUT2D eigenvalue weighted by Gasteiger charge is 2.19. The van der Waals surface area contributed by atoms with E-state index in [0.29, 0.717) is 12.3 Å². The van der Waals surface area contributed by atoms with Gasteiger partial charge in [-0.2, -0.15) is 0 Å². The number of carbonyl (C=O) groups excluding carboxylic acids is 2. The van der Waals surface area contributed by atoms with E-state index in [4.69, 9.17) is 4.52 Å². The number of hydrogen-bond acceptors (Lipinski definition) is 5. The van der Waals surface area contributed by atoms with Crippen LogP contribution in [-0.4, -0.2) is 42.5 Å². The van der Waals surface area contributed by atoms with Gasteiger partial charge < -0.3 is 14.7 Å². The summed E-state index contributed by atoms with van der Waals surface area (Å²) in [6, 6.07) is 9.59. The van der Waals surface area contributed by atoms with Crippen molar-refractivity contribution in [2.24, 2.45) is 0 Å². The molecule has 2 amide bonds. The smallest absolute Gasteiger partial charge is 0.314 e. The van der Waals surface area contributed by atoms with Gasteiger partial charge in [0.25, 0.3) is 0 Å². The molecule has 2 aromatic rings. The van der Waals surface area contributed by atoms with Gasteiger partial charge in [0.2, 0.25) is 0 Å². The molecule has 1 aromatic carbocycles. The molecule has 0 saturated carbocycles. The van der Waals surface area contributed by atoms with Crippen molar-refractivity contribution in [2.45, 2.75) is 19.9 Å². The second-order valence-electron chi connectivity index (χ2n) is 5.88. The van der Waals surface area contributed by atoms with Gasteiger partial charge in [-0.3, -0.25) is 14.9 Å². The molecule has 0 radical (unpaired) electrons. The van der Waals surface area contributed by atoms with Crippen molar-refractivity contribution >= 4 is 17.6 Å². The molecular formula is C17H22N4O3. The molecule has 0 unspecified atom stereocenters. The maximum atomic E-state index is 12.0. The highest BCUT2D eigenvalue weighted by atomic mass is 16.5. The van der Waals surface area contributed by atoms with E-state index in [1.54, 1.807) is 13.0 Å². The SMILES string of the molecule is Cc1ccc([C@H](CNC(=O)C(=O)Nc2cc(C)on2)N(C)C)cc1. The van der Waals surface area contributed by atoms with Crippen LogP contribution in [0.15, 0.2) is 34.9 Å². The van der Waals surface area contributed by atoms with Crippen molar-refractivity contribution in [3.05, 3.63) is 47.2 Å². The monoisotopic (exact) mass is 330 g/mol. The lowest BCUT2D eigenvalue weighted by Gasteiger charge is -2.25. The summed E-state index contributed by atoms with van der Waals surface area (Å²) in [5, 5.41) is 8.67. The molecule has 1 atom stereocenters. The lowest BCUT2D eigenvalue weighted by Crippen LogP contribution is -2.40. The molecule has 24 heavy (non-hydrogen) atoms. The molecule has 0 bridgehead atoms. The molecule has 1 heterocycles. The van der Waals surface area contributed by atoms with Crippen LogP contribution < -0.4 is 10.6 Å². The fourth-order valence-electron chi connectivity index (χ4n) is 2.26. The number of nitrogens with one attached hydrogen (secondary N) is 2. The van der Waals surface area contributed by atoms with Crippen LogP contribution in [0.2, 0.25) is 0 Å². The van der Waals surface area contributed by atoms with Crippen molar-refractivity contribution in [1.82, 2.24) is 15.4 Å². The summed E-state index contributed by atoms with van der Waals surface area (Å²) in [7, 11) is 3.85. The van der Waals surface area contributed by atoms with Crippen molar-refractivity contribution in [3.63, 3.8) is 0 Å². The van der Waals surface area contributed by atoms with Gasteiger partial charge in [0.15, 0.2) is 5.82 Å². The largest absolute Gasteiger partial charge is 0.360 e. The molecule has 128 valence electrons. The summed E-state index contributed by atoms with van der Waals surface area (Å²) in [6.45, 7) is 4.04. The molecule has 0 aliphatic carbocycles. The van der Waals surface area contributed by atoms with Crippen LogP contribution in [0.3, 0.4) is 0 Å². The van der Waals surface area contributed by atoms with Crippen LogP contribution in [-0.2, 0) is 9.59 Å². The lowest BCUT2D eigenvalue weighted by molar-refractivity contribution is -0.136. The first-order chi connectivity index (χ1) is 11.4. The Labute approximate surface area is 141 Å². The van der Waals surface area contributed by atoms with Gasteiger partial charge in [0, 0.05) is 12.6 Å². The third kappa shape index (κ3) is 4.66. The molecule has 7 heteroatoms. The fourth-order valence-corrected chi connectivity index (χ4v) is 2.26. The van der Waals surface area contributed by atoms with E-state index in [0.717, 1.165) is 5.56 Å². The Bertz CT molecular complexity index is 707. The number of aromatic nitrogens is 1. The topological polar surface area (TPSA) is 87.5 Å². The maximum absolute atomic E-state index is 12.0. The van der Waals surface area contributed by atoms with Gasteiger partial charge in [0.1, 0.15) is 5.76 Å². The van der Waals surface area contributed by atoms with Crippen LogP contribution >= 0.6 is 0 Å². The summed E-state index contributed by atoms with van der Waals surface area (Å²) >= 11 is 0. The first-order valence-corrected chi connectivity index (χ1v) is 7.62. The number of hydrogen-bond donors (Lipinski definition) is 2. The van der Waals surface area contributed by atoms with Crippen molar-refractivity contribution in [2.75, 3.05) is 26.0 Å². The summed E-state index contributed by atoms with van der Waals surface area (Å²) in [5.74, 6) is -0.715. The minimum Gasteiger partial charge on any atom is -0.360 e. The van der Waals surface area contributed by atoms with Crippen LogP contribution in [0.1, 0.15) is 22.9 Å². The van der Waals surface area contributed by atoms with Gasteiger partial charge >= 0.3 is 11.8 Å². The van der Waals surface area contributed by atoms with Crippen LogP contribution in [0.4, 0.5) is 5.82 Å². The zero-order chi connectivity index (χ0) is 17.7. The summed E-state index contributed by atoms with van der Waals surface area (Å²) in [5.41, 5.74) is 2.24. The van der Waals surface area contributed by atoms with E-state index in [9.17, 15) is 9.59 Å². The highest BCUT2D eigenvalue weighted by Crippen LogP contribution is 2.17. The molecule has 2 N–H and O–H groups in total. The van der Waals surface area contributed by atoms with E-state index in [1.165, 1.54) is 5.56 Å². The minimum atomic E-state index is -0.773. The second-order valence-corrected chi connectivity index (χ2v) is 5.88. The molecule has 0 aliphatic rings. The Balaban J connectivity index is 1.94. The number of anilines is 1. The first-order valence-electron chi connectivity index (χ1n) is 7.62. The fraction of sp³-hybridized carbons (Fsp3) is 0.353. The average molecular weight is 330 g/mol. The number of amides is 2. The summed E-state index contributed by atoms with van der Waals surface area (Å²) in [6.07, 6.45) is 0. The molecule has 0 spiro atoms. The summed E-state index contributed by atoms with van der Waals surface area (Å²) < 4.78 is 4.84. The Kier molecular flexibility index (Phi) is 5.70. The third-order valence-corrected chi connectivity index (χ3v) is 3.62. The predicted octanol–water partition coefficient (Wildman–Crippen LogP) is 1.65. The standard InChI is InChI=1S/C17H22N4O3/c1-11-5-7-13(8-6-11)14(21(3)4)10-18-16(22)17(23)19-15-9-12(2)24-20-15/h5-9,14H,10H2,1-4H3,(H,18,22)(H,19,20,23)/t14-/m0/s1. The molecular weight excluding hydrogens is 308 g/mol. The molecule has 0 aliphatic heterocycles. The van der Waals surface area contributed by atoms with E-state index in [1.807, 2.05) is 50.2 Å². The summed E-state index contributed by atoms with van der Waals surface area (Å²) in [4.78, 5) is 25.8. The van der Waals surface area contributed by atoms with Crippen molar-refractivity contribution in [1.29, 1.82) is 0 Å². The van der Waals surface area contributed by atoms with Crippen molar-refractivity contribution in [3.8, 4) is 0 Å². The van der Waals surface area contributed by atoms with Gasteiger partial charge in [-0.05, 0) is 33.5 Å². The van der Waals surface area contributed by atoms with Crippen molar-refractivity contribution < 1.29 is 14.1 Å². The van der Waals surface area contributed by atoms with E-state index >= 15 is 0 Å².